The van der Waals surface area contributed by atoms with Gasteiger partial charge in [-0.15, -0.1) is 0 Å². The van der Waals surface area contributed by atoms with Crippen LogP contribution in [0.5, 0.6) is 0 Å². The van der Waals surface area contributed by atoms with E-state index in [0.717, 1.165) is 33.9 Å². The Morgan fingerprint density at radius 1 is 1.47 bits per heavy atom. The topological polar surface area (TPSA) is 42.2 Å². The molecule has 1 fully saturated rings. The number of aliphatic carboxylic acids is 1. The third-order valence-corrected chi connectivity index (χ3v) is 3.85. The average Bonchev–Trinajstić information content (AvgIpc) is 3.01. The Bertz CT molecular complexity index is 599. The van der Waals surface area contributed by atoms with Crippen molar-refractivity contribution >= 4 is 32.8 Å². The largest absolute Gasteiger partial charge is 0.481 e. The molecule has 88 valence electrons. The lowest BCUT2D eigenvalue weighted by molar-refractivity contribution is -0.136. The number of aromatic nitrogens is 1. The molecule has 0 unspecified atom stereocenters. The quantitative estimate of drug-likeness (QED) is 0.943. The normalized spacial score (nSPS) is 15.4. The molecule has 0 bridgehead atoms. The summed E-state index contributed by atoms with van der Waals surface area (Å²) in [6.45, 7) is 0. The van der Waals surface area contributed by atoms with E-state index in [2.05, 4.69) is 26.6 Å². The van der Waals surface area contributed by atoms with E-state index in [9.17, 15) is 4.79 Å². The smallest absolute Gasteiger partial charge is 0.309 e. The van der Waals surface area contributed by atoms with Gasteiger partial charge in [0, 0.05) is 27.1 Å². The van der Waals surface area contributed by atoms with Crippen molar-refractivity contribution in [1.82, 2.24) is 4.57 Å². The average molecular weight is 294 g/mol. The van der Waals surface area contributed by atoms with Gasteiger partial charge in [0.25, 0.3) is 0 Å². The molecule has 3 rings (SSSR count). The van der Waals surface area contributed by atoms with Gasteiger partial charge in [0.2, 0.25) is 0 Å². The molecule has 1 aromatic carbocycles. The van der Waals surface area contributed by atoms with Gasteiger partial charge in [0.1, 0.15) is 0 Å². The molecule has 1 aliphatic carbocycles. The zero-order chi connectivity index (χ0) is 12.0. The second kappa shape index (κ2) is 3.88. The molecule has 0 saturated heterocycles. The molecule has 17 heavy (non-hydrogen) atoms. The minimum Gasteiger partial charge on any atom is -0.481 e. The van der Waals surface area contributed by atoms with Crippen molar-refractivity contribution in [2.24, 2.45) is 0 Å². The Hall–Kier alpha value is -1.29. The molecule has 1 aromatic heterocycles. The summed E-state index contributed by atoms with van der Waals surface area (Å²) in [5, 5.41) is 10.1. The van der Waals surface area contributed by atoms with Gasteiger partial charge in [-0.3, -0.25) is 4.79 Å². The van der Waals surface area contributed by atoms with E-state index in [1.165, 1.54) is 0 Å². The minimum absolute atomic E-state index is 0.0949. The number of nitrogens with zero attached hydrogens (tertiary/aromatic N) is 1. The van der Waals surface area contributed by atoms with Gasteiger partial charge in [-0.1, -0.05) is 22.0 Å². The highest BCUT2D eigenvalue weighted by atomic mass is 79.9. The zero-order valence-corrected chi connectivity index (χ0v) is 10.8. The van der Waals surface area contributed by atoms with Crippen molar-refractivity contribution in [2.75, 3.05) is 0 Å². The first-order chi connectivity index (χ1) is 8.16. The molecule has 0 spiro atoms. The van der Waals surface area contributed by atoms with Crippen LogP contribution in [0.15, 0.2) is 28.7 Å². The Morgan fingerprint density at radius 3 is 2.88 bits per heavy atom. The highest BCUT2D eigenvalue weighted by Gasteiger charge is 2.28. The number of carboxylic acids is 1. The number of halogens is 1. The molecular weight excluding hydrogens is 282 g/mol. The maximum atomic E-state index is 10.9. The third-order valence-electron chi connectivity index (χ3n) is 3.15. The summed E-state index contributed by atoms with van der Waals surface area (Å²) in [6.07, 6.45) is 2.41. The van der Waals surface area contributed by atoms with E-state index in [1.54, 1.807) is 0 Å². The molecule has 2 aromatic rings. The molecular formula is C13H12BrNO2. The molecule has 0 aliphatic heterocycles. The highest BCUT2D eigenvalue weighted by molar-refractivity contribution is 9.10. The molecule has 1 saturated carbocycles. The first-order valence-corrected chi connectivity index (χ1v) is 6.46. The van der Waals surface area contributed by atoms with Crippen LogP contribution >= 0.6 is 15.9 Å². The Morgan fingerprint density at radius 2 is 2.24 bits per heavy atom. The van der Waals surface area contributed by atoms with Gasteiger partial charge in [-0.25, -0.2) is 0 Å². The number of hydrogen-bond acceptors (Lipinski definition) is 1. The van der Waals surface area contributed by atoms with Crippen molar-refractivity contribution in [2.45, 2.75) is 25.3 Å². The Labute approximate surface area is 107 Å². The molecule has 1 heterocycles. The minimum atomic E-state index is -0.772. The molecule has 4 heteroatoms. The second-order valence-corrected chi connectivity index (χ2v) is 5.33. The fraction of sp³-hybridized carbons (Fsp3) is 0.308. The van der Waals surface area contributed by atoms with Crippen LogP contribution in [0.3, 0.4) is 0 Å². The monoisotopic (exact) mass is 293 g/mol. The van der Waals surface area contributed by atoms with Gasteiger partial charge in [0.15, 0.2) is 0 Å². The van der Waals surface area contributed by atoms with Crippen LogP contribution in [0, 0.1) is 0 Å². The van der Waals surface area contributed by atoms with Crippen molar-refractivity contribution in [3.05, 3.63) is 34.4 Å². The number of benzene rings is 1. The molecule has 1 N–H and O–H groups in total. The van der Waals surface area contributed by atoms with E-state index in [0.29, 0.717) is 6.04 Å². The van der Waals surface area contributed by atoms with Crippen LogP contribution in [-0.4, -0.2) is 15.6 Å². The number of carboxylic acid groups (broad SMARTS) is 1. The maximum Gasteiger partial charge on any atom is 0.309 e. The van der Waals surface area contributed by atoms with Gasteiger partial charge in [-0.2, -0.15) is 0 Å². The number of hydrogen-bond donors (Lipinski definition) is 1. The molecule has 0 atom stereocenters. The van der Waals surface area contributed by atoms with Gasteiger partial charge >= 0.3 is 5.97 Å². The fourth-order valence-electron chi connectivity index (χ4n) is 2.32. The van der Waals surface area contributed by atoms with E-state index < -0.39 is 5.97 Å². The van der Waals surface area contributed by atoms with Crippen molar-refractivity contribution in [3.63, 3.8) is 0 Å². The zero-order valence-electron chi connectivity index (χ0n) is 9.19. The van der Waals surface area contributed by atoms with Crippen LogP contribution in [0.2, 0.25) is 0 Å². The Balaban J connectivity index is 2.22. The van der Waals surface area contributed by atoms with Gasteiger partial charge in [-0.05, 0) is 31.0 Å². The third kappa shape index (κ3) is 1.86. The number of carbonyl (C=O) groups is 1. The maximum absolute atomic E-state index is 10.9. The van der Waals surface area contributed by atoms with Crippen LogP contribution in [0.25, 0.3) is 10.9 Å². The molecule has 1 aliphatic rings. The fourth-order valence-corrected chi connectivity index (χ4v) is 2.79. The van der Waals surface area contributed by atoms with Crippen LogP contribution in [0.4, 0.5) is 0 Å². The van der Waals surface area contributed by atoms with E-state index >= 15 is 0 Å². The lowest BCUT2D eigenvalue weighted by atomic mass is 10.2. The van der Waals surface area contributed by atoms with E-state index in [-0.39, 0.29) is 6.42 Å². The van der Waals surface area contributed by atoms with Gasteiger partial charge < -0.3 is 9.67 Å². The second-order valence-electron chi connectivity index (χ2n) is 4.48. The van der Waals surface area contributed by atoms with Gasteiger partial charge in [0.05, 0.1) is 6.42 Å². The molecule has 0 amide bonds. The first kappa shape index (κ1) is 10.8. The predicted molar refractivity (Wildman–Crippen MR) is 69.2 cm³/mol. The Kier molecular flexibility index (Phi) is 2.47. The summed E-state index contributed by atoms with van der Waals surface area (Å²) in [5.41, 5.74) is 2.04. The standard InChI is InChI=1S/C13H12BrNO2/c14-11-2-1-3-12-10(11)6-9(7-13(16)17)15(12)8-4-5-8/h1-3,6,8H,4-5,7H2,(H,16,17). The highest BCUT2D eigenvalue weighted by Crippen LogP contribution is 2.41. The van der Waals surface area contributed by atoms with Crippen molar-refractivity contribution in [1.29, 1.82) is 0 Å². The first-order valence-electron chi connectivity index (χ1n) is 5.67. The predicted octanol–water partition coefficient (Wildman–Crippen LogP) is 3.37. The van der Waals surface area contributed by atoms with E-state index in [1.807, 2.05) is 18.2 Å². The lowest BCUT2D eigenvalue weighted by Crippen LogP contribution is -2.06. The summed E-state index contributed by atoms with van der Waals surface area (Å²) in [4.78, 5) is 10.9. The molecule has 3 nitrogen and oxygen atoms in total. The summed E-state index contributed by atoms with van der Waals surface area (Å²) in [6, 6.07) is 8.53. The molecule has 0 radical (unpaired) electrons. The lowest BCUT2D eigenvalue weighted by Gasteiger charge is -2.07. The van der Waals surface area contributed by atoms with Crippen molar-refractivity contribution < 1.29 is 9.90 Å². The summed E-state index contributed by atoms with van der Waals surface area (Å²) < 4.78 is 3.22. The SMILES string of the molecule is O=C(O)Cc1cc2c(Br)cccc2n1C1CC1. The summed E-state index contributed by atoms with van der Waals surface area (Å²) in [5.74, 6) is -0.772. The summed E-state index contributed by atoms with van der Waals surface area (Å²) in [7, 11) is 0. The van der Waals surface area contributed by atoms with Crippen LogP contribution in [-0.2, 0) is 11.2 Å². The van der Waals surface area contributed by atoms with Crippen LogP contribution < -0.4 is 0 Å². The number of rotatable bonds is 3. The summed E-state index contributed by atoms with van der Waals surface area (Å²) >= 11 is 3.52. The van der Waals surface area contributed by atoms with E-state index in [4.69, 9.17) is 5.11 Å². The van der Waals surface area contributed by atoms with Crippen molar-refractivity contribution in [3.8, 4) is 0 Å². The van der Waals surface area contributed by atoms with Crippen LogP contribution in [0.1, 0.15) is 24.6 Å². The number of fused-ring (bicyclic) bond motifs is 1.